The minimum absolute atomic E-state index is 0.331. The zero-order valence-corrected chi connectivity index (χ0v) is 8.82. The standard InChI is InChI=1S/C11H16N2O2/c1-2-3-8-15-10-7-5-4-6-9(10)11(14)13-12/h4-7H,2-3,8,12H2,1H3,(H,13,14). The van der Waals surface area contributed by atoms with Crippen molar-refractivity contribution >= 4 is 5.91 Å². The van der Waals surface area contributed by atoms with Gasteiger partial charge in [-0.05, 0) is 18.6 Å². The van der Waals surface area contributed by atoms with Crippen LogP contribution in [0.3, 0.4) is 0 Å². The molecule has 0 fully saturated rings. The summed E-state index contributed by atoms with van der Waals surface area (Å²) >= 11 is 0. The molecule has 0 unspecified atom stereocenters. The molecule has 1 aromatic rings. The van der Waals surface area contributed by atoms with E-state index in [4.69, 9.17) is 10.6 Å². The maximum Gasteiger partial charge on any atom is 0.268 e. The van der Waals surface area contributed by atoms with Crippen molar-refractivity contribution in [2.24, 2.45) is 5.84 Å². The molecule has 0 saturated heterocycles. The number of nitrogens with two attached hydrogens (primary N) is 1. The van der Waals surface area contributed by atoms with Crippen LogP contribution in [0.4, 0.5) is 0 Å². The number of carbonyl (C=O) groups is 1. The SMILES string of the molecule is CCCCOc1ccccc1C(=O)NN. The van der Waals surface area contributed by atoms with Crippen LogP contribution in [0.15, 0.2) is 24.3 Å². The molecule has 3 N–H and O–H groups in total. The van der Waals surface area contributed by atoms with Crippen LogP contribution in [0.1, 0.15) is 30.1 Å². The lowest BCUT2D eigenvalue weighted by molar-refractivity contribution is 0.0949. The van der Waals surface area contributed by atoms with Crippen molar-refractivity contribution in [2.75, 3.05) is 6.61 Å². The van der Waals surface area contributed by atoms with Gasteiger partial charge in [0, 0.05) is 0 Å². The number of nitrogen functional groups attached to an aromatic ring is 1. The number of ether oxygens (including phenoxy) is 1. The molecule has 0 aliphatic carbocycles. The number of unbranched alkanes of at least 4 members (excludes halogenated alkanes) is 1. The molecule has 0 aliphatic heterocycles. The summed E-state index contributed by atoms with van der Waals surface area (Å²) in [5, 5.41) is 0. The van der Waals surface area contributed by atoms with E-state index in [2.05, 4.69) is 12.3 Å². The Hall–Kier alpha value is -1.55. The number of hydrogen-bond donors (Lipinski definition) is 2. The number of rotatable bonds is 5. The summed E-state index contributed by atoms with van der Waals surface area (Å²) in [5.41, 5.74) is 2.56. The van der Waals surface area contributed by atoms with Gasteiger partial charge in [-0.2, -0.15) is 0 Å². The number of nitrogens with one attached hydrogen (secondary N) is 1. The van der Waals surface area contributed by atoms with Crippen molar-refractivity contribution in [1.82, 2.24) is 5.43 Å². The lowest BCUT2D eigenvalue weighted by atomic mass is 10.2. The van der Waals surface area contributed by atoms with Crippen LogP contribution in [0.5, 0.6) is 5.75 Å². The summed E-state index contributed by atoms with van der Waals surface area (Å²) < 4.78 is 5.48. The largest absolute Gasteiger partial charge is 0.493 e. The third-order valence-electron chi connectivity index (χ3n) is 2.02. The fourth-order valence-electron chi connectivity index (χ4n) is 1.18. The molecule has 0 saturated carbocycles. The lowest BCUT2D eigenvalue weighted by Crippen LogP contribution is -2.30. The number of carbonyl (C=O) groups excluding carboxylic acids is 1. The number of hydrazine groups is 1. The maximum absolute atomic E-state index is 11.4. The van der Waals surface area contributed by atoms with Gasteiger partial charge in [0.1, 0.15) is 5.75 Å². The predicted octanol–water partition coefficient (Wildman–Crippen LogP) is 1.47. The monoisotopic (exact) mass is 208 g/mol. The Labute approximate surface area is 89.4 Å². The van der Waals surface area contributed by atoms with Crippen LogP contribution < -0.4 is 16.0 Å². The number of benzene rings is 1. The molecule has 0 aromatic heterocycles. The normalized spacial score (nSPS) is 9.73. The molecule has 1 aromatic carbocycles. The zero-order valence-electron chi connectivity index (χ0n) is 8.82. The van der Waals surface area contributed by atoms with Gasteiger partial charge in [-0.3, -0.25) is 10.2 Å². The van der Waals surface area contributed by atoms with Gasteiger partial charge in [0.05, 0.1) is 12.2 Å². The van der Waals surface area contributed by atoms with Gasteiger partial charge in [-0.25, -0.2) is 5.84 Å². The van der Waals surface area contributed by atoms with E-state index in [9.17, 15) is 4.79 Å². The first kappa shape index (κ1) is 11.5. The molecule has 0 radical (unpaired) electrons. The molecule has 0 bridgehead atoms. The summed E-state index contributed by atoms with van der Waals surface area (Å²) in [6.45, 7) is 2.70. The van der Waals surface area contributed by atoms with Crippen molar-refractivity contribution < 1.29 is 9.53 Å². The van der Waals surface area contributed by atoms with E-state index in [1.165, 1.54) is 0 Å². The van der Waals surface area contributed by atoms with Crippen LogP contribution in [0.25, 0.3) is 0 Å². The molecule has 15 heavy (non-hydrogen) atoms. The predicted molar refractivity (Wildman–Crippen MR) is 58.5 cm³/mol. The van der Waals surface area contributed by atoms with Crippen molar-refractivity contribution in [3.05, 3.63) is 29.8 Å². The second-order valence-corrected chi connectivity index (χ2v) is 3.17. The lowest BCUT2D eigenvalue weighted by Gasteiger charge is -2.09. The second kappa shape index (κ2) is 6.03. The number of para-hydroxylation sites is 1. The summed E-state index contributed by atoms with van der Waals surface area (Å²) in [6, 6.07) is 7.05. The van der Waals surface area contributed by atoms with E-state index >= 15 is 0 Å². The molecule has 0 aliphatic rings. The molecular weight excluding hydrogens is 192 g/mol. The molecule has 0 heterocycles. The Morgan fingerprint density at radius 1 is 1.47 bits per heavy atom. The average Bonchev–Trinajstić information content (AvgIpc) is 2.29. The van der Waals surface area contributed by atoms with Crippen LogP contribution in [-0.2, 0) is 0 Å². The number of amides is 1. The zero-order chi connectivity index (χ0) is 11.1. The summed E-state index contributed by atoms with van der Waals surface area (Å²) in [4.78, 5) is 11.4. The van der Waals surface area contributed by atoms with Crippen LogP contribution >= 0.6 is 0 Å². The first-order chi connectivity index (χ1) is 7.29. The van der Waals surface area contributed by atoms with Crippen LogP contribution in [-0.4, -0.2) is 12.5 Å². The van der Waals surface area contributed by atoms with Gasteiger partial charge in [-0.1, -0.05) is 25.5 Å². The Morgan fingerprint density at radius 3 is 2.87 bits per heavy atom. The summed E-state index contributed by atoms with van der Waals surface area (Å²) in [7, 11) is 0. The molecule has 4 heteroatoms. The third kappa shape index (κ3) is 3.25. The first-order valence-electron chi connectivity index (χ1n) is 5.02. The minimum atomic E-state index is -0.331. The van der Waals surface area contributed by atoms with Crippen molar-refractivity contribution in [3.8, 4) is 5.75 Å². The van der Waals surface area contributed by atoms with Crippen molar-refractivity contribution in [3.63, 3.8) is 0 Å². The highest BCUT2D eigenvalue weighted by Crippen LogP contribution is 2.17. The van der Waals surface area contributed by atoms with Gasteiger partial charge in [-0.15, -0.1) is 0 Å². The van der Waals surface area contributed by atoms with Gasteiger partial charge >= 0.3 is 0 Å². The summed E-state index contributed by atoms with van der Waals surface area (Å²) in [6.07, 6.45) is 2.03. The smallest absolute Gasteiger partial charge is 0.268 e. The summed E-state index contributed by atoms with van der Waals surface area (Å²) in [5.74, 6) is 5.32. The highest BCUT2D eigenvalue weighted by molar-refractivity contribution is 5.96. The molecular formula is C11H16N2O2. The van der Waals surface area contributed by atoms with Crippen molar-refractivity contribution in [2.45, 2.75) is 19.8 Å². The molecule has 1 rings (SSSR count). The average molecular weight is 208 g/mol. The van der Waals surface area contributed by atoms with E-state index in [-0.39, 0.29) is 5.91 Å². The van der Waals surface area contributed by atoms with E-state index < -0.39 is 0 Å². The molecule has 4 nitrogen and oxygen atoms in total. The van der Waals surface area contributed by atoms with Crippen molar-refractivity contribution in [1.29, 1.82) is 0 Å². The highest BCUT2D eigenvalue weighted by Gasteiger charge is 2.09. The second-order valence-electron chi connectivity index (χ2n) is 3.17. The fraction of sp³-hybridized carbons (Fsp3) is 0.364. The van der Waals surface area contributed by atoms with Gasteiger partial charge < -0.3 is 4.74 Å². The topological polar surface area (TPSA) is 64.3 Å². The van der Waals surface area contributed by atoms with Gasteiger partial charge in [0.15, 0.2) is 0 Å². The first-order valence-corrected chi connectivity index (χ1v) is 5.02. The Kier molecular flexibility index (Phi) is 4.63. The molecule has 0 atom stereocenters. The molecule has 0 spiro atoms. The third-order valence-corrected chi connectivity index (χ3v) is 2.02. The highest BCUT2D eigenvalue weighted by atomic mass is 16.5. The van der Waals surface area contributed by atoms with E-state index in [0.29, 0.717) is 17.9 Å². The van der Waals surface area contributed by atoms with Gasteiger partial charge in [0.2, 0.25) is 0 Å². The van der Waals surface area contributed by atoms with E-state index in [1.807, 2.05) is 6.07 Å². The molecule has 1 amide bonds. The maximum atomic E-state index is 11.4. The van der Waals surface area contributed by atoms with E-state index in [0.717, 1.165) is 12.8 Å². The Balaban J connectivity index is 2.73. The quantitative estimate of drug-likeness (QED) is 0.333. The Bertz CT molecular complexity index is 326. The number of hydrogen-bond acceptors (Lipinski definition) is 3. The Morgan fingerprint density at radius 2 is 2.20 bits per heavy atom. The van der Waals surface area contributed by atoms with E-state index in [1.54, 1.807) is 18.2 Å². The van der Waals surface area contributed by atoms with Crippen LogP contribution in [0, 0.1) is 0 Å². The van der Waals surface area contributed by atoms with Crippen LogP contribution in [0.2, 0.25) is 0 Å². The van der Waals surface area contributed by atoms with Gasteiger partial charge in [0.25, 0.3) is 5.91 Å². The minimum Gasteiger partial charge on any atom is -0.493 e. The molecule has 82 valence electrons. The fourth-order valence-corrected chi connectivity index (χ4v) is 1.18.